The number of aliphatic imine (C=N–C) groups is 1. The summed E-state index contributed by atoms with van der Waals surface area (Å²) in [7, 11) is 6.47. The second-order valence-electron chi connectivity index (χ2n) is 8.67. The Hall–Kier alpha value is -1.12. The highest BCUT2D eigenvalue weighted by Crippen LogP contribution is 2.35. The molecule has 0 unspecified atom stereocenters. The molecular formula is C24H38BN3O2S2. The fourth-order valence-corrected chi connectivity index (χ4v) is 4.29. The van der Waals surface area contributed by atoms with Crippen LogP contribution in [0.25, 0.3) is 0 Å². The molecular weight excluding hydrogens is 437 g/mol. The number of nitrogens with one attached hydrogen (secondary N) is 1. The van der Waals surface area contributed by atoms with E-state index in [4.69, 9.17) is 18.3 Å². The molecule has 0 amide bonds. The summed E-state index contributed by atoms with van der Waals surface area (Å²) < 4.78 is 4.45. The zero-order chi connectivity index (χ0) is 23.6. The number of hydrogen-bond acceptors (Lipinski definition) is 7. The second kappa shape index (κ2) is 13.6. The molecule has 0 bridgehead atoms. The zero-order valence-electron chi connectivity index (χ0n) is 19.6. The molecule has 1 heterocycles. The number of thiol groups is 2. The molecule has 2 radical (unpaired) electrons. The van der Waals surface area contributed by atoms with E-state index in [0.717, 1.165) is 49.3 Å². The van der Waals surface area contributed by atoms with Crippen molar-refractivity contribution in [2.24, 2.45) is 10.7 Å². The number of amidine groups is 1. The van der Waals surface area contributed by atoms with Gasteiger partial charge in [0.05, 0.1) is 6.54 Å². The lowest BCUT2D eigenvalue weighted by molar-refractivity contribution is -0.134. The highest BCUT2D eigenvalue weighted by molar-refractivity contribution is 7.99. The summed E-state index contributed by atoms with van der Waals surface area (Å²) in [6.45, 7) is 5.76. The maximum atomic E-state index is 12.6. The lowest BCUT2D eigenvalue weighted by Gasteiger charge is -2.25. The Morgan fingerprint density at radius 2 is 1.81 bits per heavy atom. The number of nitrogens with zero attached hydrogens (tertiary/aromatic N) is 1. The molecule has 1 aromatic rings. The molecule has 0 fully saturated rings. The minimum atomic E-state index is -1.28. The first kappa shape index (κ1) is 27.1. The van der Waals surface area contributed by atoms with Crippen molar-refractivity contribution in [3.8, 4) is 5.75 Å². The van der Waals surface area contributed by atoms with Crippen LogP contribution in [-0.4, -0.2) is 32.7 Å². The maximum Gasteiger partial charge on any atom is 0.311 e. The van der Waals surface area contributed by atoms with Gasteiger partial charge in [-0.05, 0) is 30.5 Å². The van der Waals surface area contributed by atoms with Crippen molar-refractivity contribution in [1.82, 2.24) is 5.32 Å². The number of nitrogens with two attached hydrogens (primary N) is 1. The molecule has 0 atom stereocenters. The number of hydrogen-bond donors (Lipinski definition) is 4. The van der Waals surface area contributed by atoms with E-state index < -0.39 is 4.20 Å². The number of unbranched alkanes of at least 4 members (excludes halogenated alkanes) is 8. The molecule has 32 heavy (non-hydrogen) atoms. The highest BCUT2D eigenvalue weighted by atomic mass is 32.2. The van der Waals surface area contributed by atoms with Crippen LogP contribution in [0.5, 0.6) is 5.75 Å². The lowest BCUT2D eigenvalue weighted by atomic mass is 9.83. The zero-order valence-corrected chi connectivity index (χ0v) is 21.4. The third-order valence-corrected chi connectivity index (χ3v) is 6.32. The van der Waals surface area contributed by atoms with Crippen molar-refractivity contribution in [1.29, 1.82) is 0 Å². The first-order chi connectivity index (χ1) is 15.2. The molecule has 176 valence electrons. The molecule has 5 nitrogen and oxygen atoms in total. The van der Waals surface area contributed by atoms with Crippen LogP contribution in [0.2, 0.25) is 0 Å². The lowest BCUT2D eigenvalue weighted by Crippen LogP contribution is -2.31. The molecule has 1 aliphatic rings. The Balaban J connectivity index is 1.97. The summed E-state index contributed by atoms with van der Waals surface area (Å²) in [5, 5.41) is 3.26. The SMILES string of the molecule is [B]c1c(CC2=NCCN2)c(C)cc(C(N)(S)S)c1OC(=O)CCCCCCCCCCC. The van der Waals surface area contributed by atoms with E-state index in [1.165, 1.54) is 38.5 Å². The molecule has 1 aliphatic heterocycles. The van der Waals surface area contributed by atoms with Crippen LogP contribution >= 0.6 is 25.3 Å². The van der Waals surface area contributed by atoms with Crippen LogP contribution in [-0.2, 0) is 15.4 Å². The predicted octanol–water partition coefficient (Wildman–Crippen LogP) is 4.09. The third-order valence-electron chi connectivity index (χ3n) is 5.84. The number of aryl methyl sites for hydroxylation is 1. The topological polar surface area (TPSA) is 76.7 Å². The van der Waals surface area contributed by atoms with E-state index in [9.17, 15) is 4.79 Å². The van der Waals surface area contributed by atoms with Crippen LogP contribution < -0.4 is 21.3 Å². The Labute approximate surface area is 206 Å². The predicted molar refractivity (Wildman–Crippen MR) is 142 cm³/mol. The number of benzene rings is 1. The van der Waals surface area contributed by atoms with Gasteiger partial charge in [-0.15, -0.1) is 25.3 Å². The van der Waals surface area contributed by atoms with E-state index in [0.29, 0.717) is 23.9 Å². The van der Waals surface area contributed by atoms with Crippen LogP contribution in [0.1, 0.15) is 87.8 Å². The average Bonchev–Trinajstić information content (AvgIpc) is 3.24. The van der Waals surface area contributed by atoms with Crippen LogP contribution in [0.4, 0.5) is 0 Å². The molecule has 0 aliphatic carbocycles. The van der Waals surface area contributed by atoms with Gasteiger partial charge in [0.25, 0.3) is 0 Å². The van der Waals surface area contributed by atoms with Gasteiger partial charge in [-0.3, -0.25) is 9.79 Å². The summed E-state index contributed by atoms with van der Waals surface area (Å²) in [6, 6.07) is 1.85. The van der Waals surface area contributed by atoms with E-state index in [-0.39, 0.29) is 11.7 Å². The van der Waals surface area contributed by atoms with Gasteiger partial charge in [-0.1, -0.05) is 63.8 Å². The molecule has 8 heteroatoms. The van der Waals surface area contributed by atoms with Gasteiger partial charge >= 0.3 is 5.97 Å². The quantitative estimate of drug-likeness (QED) is 0.0817. The largest absolute Gasteiger partial charge is 0.427 e. The fourth-order valence-electron chi connectivity index (χ4n) is 3.96. The Kier molecular flexibility index (Phi) is 11.5. The van der Waals surface area contributed by atoms with E-state index in [1.807, 2.05) is 13.0 Å². The van der Waals surface area contributed by atoms with E-state index in [1.54, 1.807) is 0 Å². The Morgan fingerprint density at radius 3 is 2.38 bits per heavy atom. The molecule has 0 saturated heterocycles. The number of esters is 1. The van der Waals surface area contributed by atoms with E-state index >= 15 is 0 Å². The summed E-state index contributed by atoms with van der Waals surface area (Å²) in [5.41, 5.74) is 8.83. The van der Waals surface area contributed by atoms with Gasteiger partial charge in [0.1, 0.15) is 23.6 Å². The summed E-state index contributed by atoms with van der Waals surface area (Å²) in [6.07, 6.45) is 11.6. The first-order valence-electron chi connectivity index (χ1n) is 11.9. The molecule has 0 spiro atoms. The van der Waals surface area contributed by atoms with Crippen LogP contribution in [0.15, 0.2) is 11.1 Å². The van der Waals surface area contributed by atoms with Gasteiger partial charge in [-0.2, -0.15) is 0 Å². The van der Waals surface area contributed by atoms with Gasteiger partial charge < -0.3 is 15.8 Å². The molecule has 1 aromatic carbocycles. The smallest absolute Gasteiger partial charge is 0.311 e. The number of ether oxygens (including phenoxy) is 1. The van der Waals surface area contributed by atoms with Crippen molar-refractivity contribution in [3.05, 3.63) is 22.8 Å². The van der Waals surface area contributed by atoms with Gasteiger partial charge in [0.2, 0.25) is 0 Å². The van der Waals surface area contributed by atoms with Crippen molar-refractivity contribution in [2.45, 2.75) is 88.7 Å². The minimum Gasteiger partial charge on any atom is -0.427 e. The Bertz CT molecular complexity index is 794. The minimum absolute atomic E-state index is 0.262. The number of carbonyl (C=O) groups excluding carboxylic acids is 1. The summed E-state index contributed by atoms with van der Waals surface area (Å²) in [4.78, 5) is 17.0. The average molecular weight is 476 g/mol. The van der Waals surface area contributed by atoms with Gasteiger partial charge in [0, 0.05) is 24.9 Å². The molecule has 0 aromatic heterocycles. The van der Waals surface area contributed by atoms with Crippen molar-refractivity contribution in [3.63, 3.8) is 0 Å². The van der Waals surface area contributed by atoms with Crippen molar-refractivity contribution < 1.29 is 9.53 Å². The summed E-state index contributed by atoms with van der Waals surface area (Å²) >= 11 is 8.76. The van der Waals surface area contributed by atoms with E-state index in [2.05, 4.69) is 42.5 Å². The fraction of sp³-hybridized carbons (Fsp3) is 0.667. The Morgan fingerprint density at radius 1 is 1.19 bits per heavy atom. The standard InChI is InChI=1S/C24H38BN3O2S2/c1-3-4-5-6-7-8-9-10-11-12-21(29)30-23-19(24(26,31)32)15-17(2)18(22(23)25)16-20-27-13-14-28-20/h15,31-32H,3-14,16,26H2,1-2H3,(H,27,28). The monoisotopic (exact) mass is 475 g/mol. The third kappa shape index (κ3) is 8.67. The van der Waals surface area contributed by atoms with Gasteiger partial charge in [0.15, 0.2) is 0 Å². The van der Waals surface area contributed by atoms with Gasteiger partial charge in [-0.25, -0.2) is 0 Å². The summed E-state index contributed by atoms with van der Waals surface area (Å²) in [5.74, 6) is 0.839. The first-order valence-corrected chi connectivity index (χ1v) is 12.8. The van der Waals surface area contributed by atoms with Crippen LogP contribution in [0, 0.1) is 6.92 Å². The maximum absolute atomic E-state index is 12.6. The highest BCUT2D eigenvalue weighted by Gasteiger charge is 2.27. The second-order valence-corrected chi connectivity index (χ2v) is 10.4. The van der Waals surface area contributed by atoms with Crippen LogP contribution in [0.3, 0.4) is 0 Å². The number of rotatable bonds is 14. The molecule has 0 saturated carbocycles. The normalized spacial score (nSPS) is 13.7. The molecule has 3 N–H and O–H groups in total. The van der Waals surface area contributed by atoms with Crippen molar-refractivity contribution >= 4 is 50.4 Å². The van der Waals surface area contributed by atoms with Crippen molar-refractivity contribution in [2.75, 3.05) is 13.1 Å². The number of carbonyl (C=O) groups is 1. The molecule has 2 rings (SSSR count).